The molecule has 0 unspecified atom stereocenters. The van der Waals surface area contributed by atoms with Crippen molar-refractivity contribution in [2.45, 2.75) is 13.3 Å². The van der Waals surface area contributed by atoms with Crippen molar-refractivity contribution in [2.24, 2.45) is 0 Å². The Morgan fingerprint density at radius 2 is 2.45 bits per heavy atom. The van der Waals surface area contributed by atoms with Crippen LogP contribution in [0.2, 0.25) is 0 Å². The molecule has 0 aliphatic rings. The third-order valence-electron chi connectivity index (χ3n) is 1.38. The molecule has 0 N–H and O–H groups in total. The Hall–Kier alpha value is -0.330. The monoisotopic (exact) mass is 229 g/mol. The molecule has 0 radical (unpaired) electrons. The van der Waals surface area contributed by atoms with Gasteiger partial charge in [0.2, 0.25) is 6.54 Å². The summed E-state index contributed by atoms with van der Waals surface area (Å²) < 4.78 is 1.17. The highest BCUT2D eigenvalue weighted by Gasteiger charge is 2.02. The number of aryl methyl sites for hydroxylation is 1. The van der Waals surface area contributed by atoms with E-state index < -0.39 is 0 Å². The summed E-state index contributed by atoms with van der Waals surface area (Å²) in [4.78, 5) is 5.90. The Morgan fingerprint density at radius 3 is 2.91 bits per heavy atom. The van der Waals surface area contributed by atoms with Crippen LogP contribution in [-0.2, 0) is 6.42 Å². The third-order valence-corrected chi connectivity index (χ3v) is 3.57. The SMILES string of the molecule is [C-]#[N+]CCc1cc(Br)c(C)s1. The van der Waals surface area contributed by atoms with Gasteiger partial charge in [-0.25, -0.2) is 6.57 Å². The smallest absolute Gasteiger partial charge is 0.219 e. The molecular weight excluding hydrogens is 222 g/mol. The first-order chi connectivity index (χ1) is 5.24. The highest BCUT2D eigenvalue weighted by Crippen LogP contribution is 2.26. The van der Waals surface area contributed by atoms with E-state index in [0.29, 0.717) is 6.54 Å². The van der Waals surface area contributed by atoms with Crippen LogP contribution in [0.25, 0.3) is 4.85 Å². The van der Waals surface area contributed by atoms with E-state index in [0.717, 1.165) is 6.42 Å². The van der Waals surface area contributed by atoms with E-state index in [2.05, 4.69) is 33.8 Å². The number of rotatable bonds is 2. The van der Waals surface area contributed by atoms with Gasteiger partial charge in [0, 0.05) is 14.2 Å². The average Bonchev–Trinajstić information content (AvgIpc) is 2.28. The first-order valence-corrected chi connectivity index (χ1v) is 4.93. The fourth-order valence-electron chi connectivity index (χ4n) is 0.807. The fourth-order valence-corrected chi connectivity index (χ4v) is 2.40. The number of thiophene rings is 1. The molecule has 11 heavy (non-hydrogen) atoms. The molecule has 3 heteroatoms. The van der Waals surface area contributed by atoms with Gasteiger partial charge in [0.25, 0.3) is 0 Å². The molecule has 1 heterocycles. The van der Waals surface area contributed by atoms with Crippen LogP contribution in [0.1, 0.15) is 9.75 Å². The lowest BCUT2D eigenvalue weighted by Gasteiger charge is -1.83. The molecule has 0 aliphatic carbocycles. The van der Waals surface area contributed by atoms with Gasteiger partial charge in [-0.2, -0.15) is 0 Å². The maximum atomic E-state index is 6.63. The number of hydrogen-bond acceptors (Lipinski definition) is 1. The quantitative estimate of drug-likeness (QED) is 0.686. The van der Waals surface area contributed by atoms with Gasteiger partial charge in [0.05, 0.1) is 6.42 Å². The van der Waals surface area contributed by atoms with Gasteiger partial charge >= 0.3 is 0 Å². The molecule has 0 saturated carbocycles. The first-order valence-electron chi connectivity index (χ1n) is 3.32. The molecule has 1 aromatic rings. The Labute approximate surface area is 79.0 Å². The van der Waals surface area contributed by atoms with E-state index in [1.54, 1.807) is 11.3 Å². The molecule has 0 fully saturated rings. The summed E-state index contributed by atoms with van der Waals surface area (Å²) in [7, 11) is 0. The maximum Gasteiger partial charge on any atom is 0.219 e. The third kappa shape index (κ3) is 2.32. The largest absolute Gasteiger partial charge is 0.317 e. The van der Waals surface area contributed by atoms with E-state index in [1.165, 1.54) is 14.2 Å². The predicted octanol–water partition coefficient (Wildman–Crippen LogP) is 3.28. The lowest BCUT2D eigenvalue weighted by atomic mass is 10.3. The van der Waals surface area contributed by atoms with Crippen LogP contribution in [-0.4, -0.2) is 6.54 Å². The molecule has 58 valence electrons. The topological polar surface area (TPSA) is 4.36 Å². The molecule has 1 rings (SSSR count). The van der Waals surface area contributed by atoms with Crippen molar-refractivity contribution in [3.05, 3.63) is 31.7 Å². The molecule has 0 spiro atoms. The molecule has 0 atom stereocenters. The van der Waals surface area contributed by atoms with Gasteiger partial charge < -0.3 is 4.85 Å². The van der Waals surface area contributed by atoms with Crippen LogP contribution < -0.4 is 0 Å². The summed E-state index contributed by atoms with van der Waals surface area (Å²) in [6.45, 7) is 9.31. The molecule has 0 bridgehead atoms. The van der Waals surface area contributed by atoms with Gasteiger partial charge in [-0.3, -0.25) is 0 Å². The fraction of sp³-hybridized carbons (Fsp3) is 0.375. The summed E-state index contributed by atoms with van der Waals surface area (Å²) in [5.74, 6) is 0. The zero-order chi connectivity index (χ0) is 8.27. The minimum Gasteiger partial charge on any atom is -0.317 e. The van der Waals surface area contributed by atoms with Crippen molar-refractivity contribution in [3.8, 4) is 0 Å². The Bertz CT molecular complexity index is 265. The number of halogens is 1. The van der Waals surface area contributed by atoms with E-state index in [1.807, 2.05) is 0 Å². The van der Waals surface area contributed by atoms with Crippen molar-refractivity contribution in [3.63, 3.8) is 0 Å². The summed E-state index contributed by atoms with van der Waals surface area (Å²) in [5.41, 5.74) is 0. The van der Waals surface area contributed by atoms with Gasteiger partial charge in [0.1, 0.15) is 0 Å². The molecule has 0 saturated heterocycles. The maximum absolute atomic E-state index is 6.63. The molecule has 0 aliphatic heterocycles. The van der Waals surface area contributed by atoms with Gasteiger partial charge in [-0.1, -0.05) is 0 Å². The zero-order valence-electron chi connectivity index (χ0n) is 6.22. The highest BCUT2D eigenvalue weighted by molar-refractivity contribution is 9.10. The van der Waals surface area contributed by atoms with Gasteiger partial charge in [-0.15, -0.1) is 11.3 Å². The van der Waals surface area contributed by atoms with Crippen molar-refractivity contribution < 1.29 is 0 Å². The number of nitrogens with zero attached hydrogens (tertiary/aromatic N) is 1. The second kappa shape index (κ2) is 3.89. The average molecular weight is 230 g/mol. The molecule has 1 aromatic heterocycles. The summed E-state index contributed by atoms with van der Waals surface area (Å²) in [6.07, 6.45) is 0.889. The zero-order valence-corrected chi connectivity index (χ0v) is 8.63. The molecular formula is C8H8BrNS. The molecule has 1 nitrogen and oxygen atoms in total. The van der Waals surface area contributed by atoms with Crippen molar-refractivity contribution in [1.82, 2.24) is 0 Å². The van der Waals surface area contributed by atoms with Crippen molar-refractivity contribution >= 4 is 27.3 Å². The summed E-state index contributed by atoms with van der Waals surface area (Å²) >= 11 is 5.20. The second-order valence-corrected chi connectivity index (χ2v) is 4.44. The minimum absolute atomic E-state index is 0.604. The van der Waals surface area contributed by atoms with Crippen LogP contribution in [0.15, 0.2) is 10.5 Å². The Kier molecular flexibility index (Phi) is 3.10. The molecule has 0 amide bonds. The van der Waals surface area contributed by atoms with Gasteiger partial charge in [0.15, 0.2) is 0 Å². The van der Waals surface area contributed by atoms with E-state index in [9.17, 15) is 0 Å². The lowest BCUT2D eigenvalue weighted by molar-refractivity contribution is 1.11. The van der Waals surface area contributed by atoms with Crippen LogP contribution in [0, 0.1) is 13.5 Å². The first kappa shape index (κ1) is 8.76. The lowest BCUT2D eigenvalue weighted by Crippen LogP contribution is -1.80. The van der Waals surface area contributed by atoms with Crippen LogP contribution in [0.5, 0.6) is 0 Å². The van der Waals surface area contributed by atoms with Crippen LogP contribution >= 0.6 is 27.3 Å². The normalized spacial score (nSPS) is 9.55. The standard InChI is InChI=1S/C8H8BrNS/c1-6-8(9)5-7(11-6)3-4-10-2/h5H,3-4H2,1H3. The van der Waals surface area contributed by atoms with Crippen molar-refractivity contribution in [2.75, 3.05) is 6.54 Å². The van der Waals surface area contributed by atoms with E-state index in [4.69, 9.17) is 6.57 Å². The minimum atomic E-state index is 0.604. The predicted molar refractivity (Wildman–Crippen MR) is 51.9 cm³/mol. The summed E-state index contributed by atoms with van der Waals surface area (Å²) in [5, 5.41) is 0. The van der Waals surface area contributed by atoms with Gasteiger partial charge in [-0.05, 0) is 28.9 Å². The van der Waals surface area contributed by atoms with Crippen molar-refractivity contribution in [1.29, 1.82) is 0 Å². The Balaban J connectivity index is 2.67. The highest BCUT2D eigenvalue weighted by atomic mass is 79.9. The second-order valence-electron chi connectivity index (χ2n) is 2.25. The van der Waals surface area contributed by atoms with Crippen LogP contribution in [0.3, 0.4) is 0 Å². The van der Waals surface area contributed by atoms with E-state index in [-0.39, 0.29) is 0 Å². The van der Waals surface area contributed by atoms with Crippen LogP contribution in [0.4, 0.5) is 0 Å². The van der Waals surface area contributed by atoms with E-state index >= 15 is 0 Å². The Morgan fingerprint density at radius 1 is 1.73 bits per heavy atom. The number of hydrogen-bond donors (Lipinski definition) is 0. The molecule has 0 aromatic carbocycles. The summed E-state index contributed by atoms with van der Waals surface area (Å²) in [6, 6.07) is 2.10.